The van der Waals surface area contributed by atoms with Crippen LogP contribution >= 0.6 is 0 Å². The summed E-state index contributed by atoms with van der Waals surface area (Å²) in [4.78, 5) is 9.94. The maximum absolute atomic E-state index is 11.6. The molecule has 66 valence electrons. The fraction of sp³-hybridized carbons (Fsp3) is 0.800. The molecular weight excluding hydrogens is 158 g/mol. The fourth-order valence-corrected chi connectivity index (χ4v) is 0.604. The molecule has 0 spiro atoms. The molecule has 0 aliphatic carbocycles. The molecule has 0 aliphatic heterocycles. The molecule has 0 aliphatic rings. The average molecular weight is 168 g/mol. The molecule has 0 rings (SSSR count). The van der Waals surface area contributed by atoms with Gasteiger partial charge in [-0.1, -0.05) is 0 Å². The van der Waals surface area contributed by atoms with Gasteiger partial charge >= 0.3 is 6.09 Å². The second-order valence-electron chi connectivity index (χ2n) is 2.01. The summed E-state index contributed by atoms with van der Waals surface area (Å²) in [5.41, 5.74) is 5.01. The number of nitrogens with one attached hydrogen (secondary N) is 1. The van der Waals surface area contributed by atoms with Gasteiger partial charge < -0.3 is 16.2 Å². The van der Waals surface area contributed by atoms with E-state index in [4.69, 9.17) is 10.8 Å². The van der Waals surface area contributed by atoms with Crippen LogP contribution in [-0.2, 0) is 0 Å². The predicted octanol–water partition coefficient (Wildman–Crippen LogP) is 0.236. The lowest BCUT2D eigenvalue weighted by atomic mass is 10.2. The van der Waals surface area contributed by atoms with E-state index in [1.165, 1.54) is 0 Å². The molecule has 0 fully saturated rings. The van der Waals surface area contributed by atoms with Gasteiger partial charge in [-0.25, -0.2) is 13.6 Å². The van der Waals surface area contributed by atoms with Crippen molar-refractivity contribution in [3.8, 4) is 0 Å². The van der Waals surface area contributed by atoms with Crippen LogP contribution in [0.2, 0.25) is 0 Å². The summed E-state index contributed by atoms with van der Waals surface area (Å²) < 4.78 is 23.3. The highest BCUT2D eigenvalue weighted by Crippen LogP contribution is 2.02. The summed E-state index contributed by atoms with van der Waals surface area (Å²) in [6.07, 6.45) is -4.40. The minimum absolute atomic E-state index is 0.114. The van der Waals surface area contributed by atoms with E-state index in [2.05, 4.69) is 0 Å². The van der Waals surface area contributed by atoms with Crippen molar-refractivity contribution in [1.82, 2.24) is 5.32 Å². The van der Waals surface area contributed by atoms with E-state index in [1.807, 2.05) is 5.32 Å². The van der Waals surface area contributed by atoms with E-state index in [9.17, 15) is 13.6 Å². The Morgan fingerprint density at radius 3 is 2.45 bits per heavy atom. The Labute approximate surface area is 62.4 Å². The SMILES string of the molecule is NCC(CC(F)F)NC(=O)O. The Hall–Kier alpha value is -0.910. The largest absolute Gasteiger partial charge is 0.465 e. The van der Waals surface area contributed by atoms with Crippen molar-refractivity contribution >= 4 is 6.09 Å². The first kappa shape index (κ1) is 10.1. The zero-order chi connectivity index (χ0) is 8.85. The van der Waals surface area contributed by atoms with Crippen LogP contribution in [0, 0.1) is 0 Å². The molecule has 1 amide bonds. The zero-order valence-electron chi connectivity index (χ0n) is 5.76. The van der Waals surface area contributed by atoms with Gasteiger partial charge in [0.05, 0.1) is 0 Å². The van der Waals surface area contributed by atoms with Crippen molar-refractivity contribution in [2.45, 2.75) is 18.9 Å². The summed E-state index contributed by atoms with van der Waals surface area (Å²) in [5, 5.41) is 9.99. The molecule has 1 atom stereocenters. The van der Waals surface area contributed by atoms with E-state index >= 15 is 0 Å². The number of alkyl halides is 2. The van der Waals surface area contributed by atoms with Crippen LogP contribution in [0.4, 0.5) is 13.6 Å². The number of carboxylic acid groups (broad SMARTS) is 1. The van der Waals surface area contributed by atoms with Crippen molar-refractivity contribution in [2.24, 2.45) is 5.73 Å². The molecule has 11 heavy (non-hydrogen) atoms. The molecule has 6 heteroatoms. The van der Waals surface area contributed by atoms with Crippen molar-refractivity contribution < 1.29 is 18.7 Å². The number of carbonyl (C=O) groups is 1. The Morgan fingerprint density at radius 2 is 2.18 bits per heavy atom. The Bertz CT molecular complexity index is 132. The highest BCUT2D eigenvalue weighted by Gasteiger charge is 2.14. The summed E-state index contributed by atoms with van der Waals surface area (Å²) in [6.45, 7) is -0.114. The lowest BCUT2D eigenvalue weighted by Crippen LogP contribution is -2.40. The van der Waals surface area contributed by atoms with Gasteiger partial charge in [-0.05, 0) is 0 Å². The molecule has 0 saturated carbocycles. The smallest absolute Gasteiger partial charge is 0.404 e. The third kappa shape index (κ3) is 5.53. The molecule has 0 bridgehead atoms. The third-order valence-corrected chi connectivity index (χ3v) is 1.07. The highest BCUT2D eigenvalue weighted by atomic mass is 19.3. The predicted molar refractivity (Wildman–Crippen MR) is 34.6 cm³/mol. The van der Waals surface area contributed by atoms with E-state index in [0.717, 1.165) is 0 Å². The monoisotopic (exact) mass is 168 g/mol. The van der Waals surface area contributed by atoms with Crippen LogP contribution in [0.1, 0.15) is 6.42 Å². The first-order valence-electron chi connectivity index (χ1n) is 3.04. The first-order valence-corrected chi connectivity index (χ1v) is 3.04. The summed E-state index contributed by atoms with van der Waals surface area (Å²) in [7, 11) is 0. The Kier molecular flexibility index (Phi) is 4.44. The van der Waals surface area contributed by atoms with Crippen LogP contribution in [0.5, 0.6) is 0 Å². The Balaban J connectivity index is 3.66. The number of nitrogens with two attached hydrogens (primary N) is 1. The topological polar surface area (TPSA) is 75.3 Å². The molecule has 0 aromatic heterocycles. The van der Waals surface area contributed by atoms with E-state index < -0.39 is 25.0 Å². The lowest BCUT2D eigenvalue weighted by Gasteiger charge is -2.12. The maximum Gasteiger partial charge on any atom is 0.404 e. The summed E-state index contributed by atoms with van der Waals surface area (Å²) in [6, 6.07) is -0.854. The molecule has 0 aromatic rings. The summed E-state index contributed by atoms with van der Waals surface area (Å²) in [5.74, 6) is 0. The standard InChI is InChI=1S/C5H10F2N2O2/c6-4(7)1-3(2-8)9-5(10)11/h3-4,9H,1-2,8H2,(H,10,11). The molecule has 4 nitrogen and oxygen atoms in total. The zero-order valence-corrected chi connectivity index (χ0v) is 5.76. The molecular formula is C5H10F2N2O2. The van der Waals surface area contributed by atoms with E-state index in [-0.39, 0.29) is 6.54 Å². The fourth-order valence-electron chi connectivity index (χ4n) is 0.604. The van der Waals surface area contributed by atoms with Gasteiger partial charge in [0, 0.05) is 19.0 Å². The number of rotatable bonds is 4. The number of amides is 1. The summed E-state index contributed by atoms with van der Waals surface area (Å²) >= 11 is 0. The molecule has 0 saturated heterocycles. The Morgan fingerprint density at radius 1 is 1.64 bits per heavy atom. The first-order chi connectivity index (χ1) is 5.06. The van der Waals surface area contributed by atoms with E-state index in [1.54, 1.807) is 0 Å². The van der Waals surface area contributed by atoms with Gasteiger partial charge in [0.2, 0.25) is 6.43 Å². The van der Waals surface area contributed by atoms with Gasteiger partial charge in [0.25, 0.3) is 0 Å². The normalized spacial score (nSPS) is 13.1. The van der Waals surface area contributed by atoms with Gasteiger partial charge in [0.1, 0.15) is 0 Å². The minimum Gasteiger partial charge on any atom is -0.465 e. The van der Waals surface area contributed by atoms with Crippen LogP contribution in [0.15, 0.2) is 0 Å². The molecule has 0 radical (unpaired) electrons. The van der Waals surface area contributed by atoms with E-state index in [0.29, 0.717) is 0 Å². The van der Waals surface area contributed by atoms with Crippen molar-refractivity contribution in [1.29, 1.82) is 0 Å². The van der Waals surface area contributed by atoms with Crippen molar-refractivity contribution in [3.63, 3.8) is 0 Å². The van der Waals surface area contributed by atoms with Crippen LogP contribution in [0.25, 0.3) is 0 Å². The maximum atomic E-state index is 11.6. The third-order valence-electron chi connectivity index (χ3n) is 1.07. The van der Waals surface area contributed by atoms with Crippen LogP contribution < -0.4 is 11.1 Å². The van der Waals surface area contributed by atoms with Crippen molar-refractivity contribution in [3.05, 3.63) is 0 Å². The average Bonchev–Trinajstić information content (AvgIpc) is 1.84. The second-order valence-corrected chi connectivity index (χ2v) is 2.01. The van der Waals surface area contributed by atoms with Gasteiger partial charge in [-0.2, -0.15) is 0 Å². The molecule has 0 aromatic carbocycles. The molecule has 0 heterocycles. The quantitative estimate of drug-likeness (QED) is 0.562. The highest BCUT2D eigenvalue weighted by molar-refractivity contribution is 5.64. The van der Waals surface area contributed by atoms with Crippen LogP contribution in [0.3, 0.4) is 0 Å². The molecule has 4 N–H and O–H groups in total. The molecule has 1 unspecified atom stereocenters. The van der Waals surface area contributed by atoms with Gasteiger partial charge in [-0.3, -0.25) is 0 Å². The number of halogens is 2. The van der Waals surface area contributed by atoms with Gasteiger partial charge in [0.15, 0.2) is 0 Å². The number of hydrogen-bond acceptors (Lipinski definition) is 2. The van der Waals surface area contributed by atoms with Crippen molar-refractivity contribution in [2.75, 3.05) is 6.54 Å². The lowest BCUT2D eigenvalue weighted by molar-refractivity contribution is 0.121. The van der Waals surface area contributed by atoms with Crippen LogP contribution in [-0.4, -0.2) is 30.2 Å². The minimum atomic E-state index is -2.53. The van der Waals surface area contributed by atoms with Gasteiger partial charge in [-0.15, -0.1) is 0 Å². The second kappa shape index (κ2) is 4.84. The number of hydrogen-bond donors (Lipinski definition) is 3.